The van der Waals surface area contributed by atoms with E-state index in [1.807, 2.05) is 74.5 Å². The Hall–Kier alpha value is -2.92. The van der Waals surface area contributed by atoms with E-state index in [9.17, 15) is 9.59 Å². The standard InChI is InChI=1S/C23H19BrN2O2/c1-14-8-9-20-17(10-14)22(27)25-21-18(11-15(2)12-19(21)24)23(28)26(20)13-16-6-4-3-5-7-16/h3-12H,13H2,1-2H3,(H,25,27). The molecule has 4 nitrogen and oxygen atoms in total. The number of nitrogens with one attached hydrogen (secondary N) is 1. The molecule has 1 heterocycles. The molecule has 28 heavy (non-hydrogen) atoms. The quantitative estimate of drug-likeness (QED) is 0.580. The molecule has 0 aromatic heterocycles. The molecule has 2 amide bonds. The molecule has 0 bridgehead atoms. The molecule has 3 aromatic rings. The van der Waals surface area contributed by atoms with Gasteiger partial charge in [-0.15, -0.1) is 0 Å². The molecule has 1 aliphatic heterocycles. The van der Waals surface area contributed by atoms with Crippen molar-refractivity contribution in [3.8, 4) is 0 Å². The number of benzene rings is 3. The Bertz CT molecular complexity index is 1090. The minimum absolute atomic E-state index is 0.145. The zero-order valence-electron chi connectivity index (χ0n) is 15.6. The van der Waals surface area contributed by atoms with E-state index in [1.165, 1.54) is 0 Å². The first-order chi connectivity index (χ1) is 13.4. The van der Waals surface area contributed by atoms with Crippen molar-refractivity contribution in [1.29, 1.82) is 0 Å². The highest BCUT2D eigenvalue weighted by Crippen LogP contribution is 2.35. The van der Waals surface area contributed by atoms with E-state index < -0.39 is 0 Å². The third kappa shape index (κ3) is 3.34. The van der Waals surface area contributed by atoms with Gasteiger partial charge >= 0.3 is 0 Å². The summed E-state index contributed by atoms with van der Waals surface area (Å²) in [6, 6.07) is 19.1. The highest BCUT2D eigenvalue weighted by molar-refractivity contribution is 9.10. The summed E-state index contributed by atoms with van der Waals surface area (Å²) in [6.45, 7) is 4.24. The van der Waals surface area contributed by atoms with E-state index in [0.29, 0.717) is 33.5 Å². The van der Waals surface area contributed by atoms with E-state index in [4.69, 9.17) is 0 Å². The van der Waals surface area contributed by atoms with Crippen molar-refractivity contribution in [2.75, 3.05) is 10.2 Å². The number of carbonyl (C=O) groups excluding carboxylic acids is 2. The predicted molar refractivity (Wildman–Crippen MR) is 115 cm³/mol. The van der Waals surface area contributed by atoms with E-state index in [1.54, 1.807) is 4.90 Å². The zero-order valence-corrected chi connectivity index (χ0v) is 17.2. The third-order valence-electron chi connectivity index (χ3n) is 4.82. The van der Waals surface area contributed by atoms with Crippen molar-refractivity contribution in [3.05, 3.63) is 93.0 Å². The van der Waals surface area contributed by atoms with Gasteiger partial charge in [-0.1, -0.05) is 42.0 Å². The summed E-state index contributed by atoms with van der Waals surface area (Å²) in [5.74, 6) is -0.372. The van der Waals surface area contributed by atoms with Crippen LogP contribution in [0.15, 0.2) is 65.1 Å². The second-order valence-corrected chi connectivity index (χ2v) is 7.88. The van der Waals surface area contributed by atoms with Crippen LogP contribution >= 0.6 is 15.9 Å². The average Bonchev–Trinajstić information content (AvgIpc) is 2.67. The number of anilines is 2. The Morgan fingerprint density at radius 3 is 2.36 bits per heavy atom. The first-order valence-corrected chi connectivity index (χ1v) is 9.81. The Balaban J connectivity index is 1.93. The van der Waals surface area contributed by atoms with Crippen LogP contribution in [0, 0.1) is 13.8 Å². The normalized spacial score (nSPS) is 13.3. The molecule has 0 saturated carbocycles. The maximum absolute atomic E-state index is 13.6. The number of amides is 2. The van der Waals surface area contributed by atoms with Crippen molar-refractivity contribution in [3.63, 3.8) is 0 Å². The van der Waals surface area contributed by atoms with Crippen LogP contribution in [0.5, 0.6) is 0 Å². The molecule has 0 spiro atoms. The number of fused-ring (bicyclic) bond motifs is 2. The predicted octanol–water partition coefficient (Wildman–Crippen LogP) is 5.48. The minimum atomic E-state index is -0.227. The summed E-state index contributed by atoms with van der Waals surface area (Å²) in [7, 11) is 0. The van der Waals surface area contributed by atoms with Crippen molar-refractivity contribution >= 4 is 39.1 Å². The first-order valence-electron chi connectivity index (χ1n) is 9.02. The number of hydrogen-bond donors (Lipinski definition) is 1. The van der Waals surface area contributed by atoms with E-state index in [2.05, 4.69) is 21.2 Å². The van der Waals surface area contributed by atoms with Crippen LogP contribution < -0.4 is 10.2 Å². The molecular weight excluding hydrogens is 416 g/mol. The van der Waals surface area contributed by atoms with Gasteiger partial charge < -0.3 is 10.2 Å². The molecule has 0 aliphatic carbocycles. The van der Waals surface area contributed by atoms with Gasteiger partial charge in [0, 0.05) is 4.47 Å². The Labute approximate surface area is 172 Å². The molecule has 1 aliphatic rings. The number of carbonyl (C=O) groups is 2. The van der Waals surface area contributed by atoms with Gasteiger partial charge in [-0.05, 0) is 65.2 Å². The summed E-state index contributed by atoms with van der Waals surface area (Å²) >= 11 is 3.50. The molecular formula is C23H19BrN2O2. The van der Waals surface area contributed by atoms with E-state index >= 15 is 0 Å². The van der Waals surface area contributed by atoms with Crippen molar-refractivity contribution in [1.82, 2.24) is 0 Å². The first kappa shape index (κ1) is 18.4. The van der Waals surface area contributed by atoms with E-state index in [0.717, 1.165) is 16.7 Å². The van der Waals surface area contributed by atoms with E-state index in [-0.39, 0.29) is 11.8 Å². The van der Waals surface area contributed by atoms with Crippen LogP contribution in [0.1, 0.15) is 37.4 Å². The lowest BCUT2D eigenvalue weighted by atomic mass is 10.0. The highest BCUT2D eigenvalue weighted by Gasteiger charge is 2.30. The lowest BCUT2D eigenvalue weighted by molar-refractivity contribution is 0.0983. The fourth-order valence-electron chi connectivity index (χ4n) is 3.46. The average molecular weight is 435 g/mol. The summed E-state index contributed by atoms with van der Waals surface area (Å²) in [5, 5.41) is 2.92. The van der Waals surface area contributed by atoms with Gasteiger partial charge in [-0.2, -0.15) is 0 Å². The number of halogens is 1. The lowest BCUT2D eigenvalue weighted by Gasteiger charge is -2.29. The molecule has 140 valence electrons. The lowest BCUT2D eigenvalue weighted by Crippen LogP contribution is -2.35. The minimum Gasteiger partial charge on any atom is -0.320 e. The summed E-state index contributed by atoms with van der Waals surface area (Å²) in [4.78, 5) is 28.3. The number of rotatable bonds is 2. The topological polar surface area (TPSA) is 49.4 Å². The summed E-state index contributed by atoms with van der Waals surface area (Å²) in [6.07, 6.45) is 0. The maximum Gasteiger partial charge on any atom is 0.260 e. The summed E-state index contributed by atoms with van der Waals surface area (Å²) < 4.78 is 0.694. The fraction of sp³-hybridized carbons (Fsp3) is 0.130. The molecule has 0 saturated heterocycles. The van der Waals surface area contributed by atoms with Gasteiger partial charge in [0.2, 0.25) is 0 Å². The molecule has 0 radical (unpaired) electrons. The van der Waals surface area contributed by atoms with Gasteiger partial charge in [0.1, 0.15) is 0 Å². The van der Waals surface area contributed by atoms with Gasteiger partial charge in [0.05, 0.1) is 29.0 Å². The van der Waals surface area contributed by atoms with Gasteiger partial charge in [-0.3, -0.25) is 9.59 Å². The van der Waals surface area contributed by atoms with Crippen LogP contribution in [0.2, 0.25) is 0 Å². The van der Waals surface area contributed by atoms with Crippen molar-refractivity contribution in [2.24, 2.45) is 0 Å². The van der Waals surface area contributed by atoms with Gasteiger partial charge in [0.15, 0.2) is 0 Å². The van der Waals surface area contributed by atoms with Gasteiger partial charge in [0.25, 0.3) is 11.8 Å². The van der Waals surface area contributed by atoms with Crippen molar-refractivity contribution < 1.29 is 9.59 Å². The second-order valence-electron chi connectivity index (χ2n) is 7.02. The number of aryl methyl sites for hydroxylation is 2. The third-order valence-corrected chi connectivity index (χ3v) is 5.45. The molecule has 0 fully saturated rings. The van der Waals surface area contributed by atoms with Gasteiger partial charge in [-0.25, -0.2) is 0 Å². The van der Waals surface area contributed by atoms with Crippen LogP contribution in [0.3, 0.4) is 0 Å². The molecule has 0 unspecified atom stereocenters. The summed E-state index contributed by atoms with van der Waals surface area (Å²) in [5.41, 5.74) is 4.98. The monoisotopic (exact) mass is 434 g/mol. The van der Waals surface area contributed by atoms with Crippen LogP contribution in [-0.2, 0) is 6.54 Å². The maximum atomic E-state index is 13.6. The highest BCUT2D eigenvalue weighted by atomic mass is 79.9. The molecule has 4 rings (SSSR count). The van der Waals surface area contributed by atoms with Crippen LogP contribution in [-0.4, -0.2) is 11.8 Å². The smallest absolute Gasteiger partial charge is 0.260 e. The number of hydrogen-bond acceptors (Lipinski definition) is 2. The SMILES string of the molecule is Cc1ccc2c(c1)C(=O)Nc1c(Br)cc(C)cc1C(=O)N2Cc1ccccc1. The fourth-order valence-corrected chi connectivity index (χ4v) is 4.14. The molecule has 0 atom stereocenters. The van der Waals surface area contributed by atoms with Crippen LogP contribution in [0.4, 0.5) is 11.4 Å². The van der Waals surface area contributed by atoms with Crippen LogP contribution in [0.25, 0.3) is 0 Å². The molecule has 1 N–H and O–H groups in total. The molecule has 3 aromatic carbocycles. The molecule has 5 heteroatoms. The Morgan fingerprint density at radius 2 is 1.61 bits per heavy atom. The zero-order chi connectivity index (χ0) is 19.8. The van der Waals surface area contributed by atoms with Crippen molar-refractivity contribution in [2.45, 2.75) is 20.4 Å². The second kappa shape index (κ2) is 7.24. The largest absolute Gasteiger partial charge is 0.320 e. The Kier molecular flexibility index (Phi) is 4.77. The Morgan fingerprint density at radius 1 is 0.893 bits per heavy atom. The number of nitrogens with zero attached hydrogens (tertiary/aromatic N) is 1.